The average Bonchev–Trinajstić information content (AvgIpc) is 3.05. The van der Waals surface area contributed by atoms with Crippen LogP contribution in [0.2, 0.25) is 0 Å². The number of H-pyrrole nitrogens is 1. The zero-order valence-corrected chi connectivity index (χ0v) is 12.8. The first-order valence-electron chi connectivity index (χ1n) is 7.24. The zero-order chi connectivity index (χ0) is 16.9. The molecule has 7 nitrogen and oxygen atoms in total. The summed E-state index contributed by atoms with van der Waals surface area (Å²) < 4.78 is 17.9. The van der Waals surface area contributed by atoms with Gasteiger partial charge in [0.05, 0.1) is 24.2 Å². The minimum atomic E-state index is -0.624. The van der Waals surface area contributed by atoms with Gasteiger partial charge >= 0.3 is 6.09 Å². The predicted octanol–water partition coefficient (Wildman–Crippen LogP) is 3.24. The number of ether oxygens (including phenoxy) is 1. The van der Waals surface area contributed by atoms with Gasteiger partial charge in [0.15, 0.2) is 0 Å². The second kappa shape index (κ2) is 6.86. The van der Waals surface area contributed by atoms with Crippen LogP contribution in [0.25, 0.3) is 22.5 Å². The van der Waals surface area contributed by atoms with E-state index < -0.39 is 6.09 Å². The molecule has 0 aliphatic carbocycles. The van der Waals surface area contributed by atoms with Crippen molar-refractivity contribution in [3.05, 3.63) is 48.5 Å². The molecule has 0 unspecified atom stereocenters. The number of benzene rings is 1. The summed E-state index contributed by atoms with van der Waals surface area (Å²) in [7, 11) is 0. The van der Waals surface area contributed by atoms with E-state index in [1.165, 1.54) is 18.3 Å². The van der Waals surface area contributed by atoms with E-state index in [0.29, 0.717) is 17.0 Å². The van der Waals surface area contributed by atoms with Crippen molar-refractivity contribution in [2.45, 2.75) is 6.92 Å². The Hall–Kier alpha value is -3.29. The smallest absolute Gasteiger partial charge is 0.414 e. The molecule has 8 heteroatoms. The molecule has 0 radical (unpaired) electrons. The van der Waals surface area contributed by atoms with Crippen LogP contribution in [-0.4, -0.2) is 32.9 Å². The fourth-order valence-electron chi connectivity index (χ4n) is 2.14. The van der Waals surface area contributed by atoms with Crippen molar-refractivity contribution in [2.75, 3.05) is 11.9 Å². The summed E-state index contributed by atoms with van der Waals surface area (Å²) in [5.41, 5.74) is 2.72. The summed E-state index contributed by atoms with van der Waals surface area (Å²) in [6.45, 7) is 1.96. The number of aromatic nitrogens is 4. The molecule has 0 saturated carbocycles. The molecule has 0 atom stereocenters. The molecule has 2 N–H and O–H groups in total. The molecular formula is C16H14FN5O2. The Labute approximate surface area is 136 Å². The number of anilines is 1. The van der Waals surface area contributed by atoms with E-state index in [1.54, 1.807) is 31.3 Å². The van der Waals surface area contributed by atoms with Crippen LogP contribution < -0.4 is 5.32 Å². The first-order valence-corrected chi connectivity index (χ1v) is 7.24. The van der Waals surface area contributed by atoms with Gasteiger partial charge in [-0.3, -0.25) is 10.4 Å². The zero-order valence-electron chi connectivity index (χ0n) is 12.8. The molecular weight excluding hydrogens is 313 g/mol. The van der Waals surface area contributed by atoms with E-state index in [1.807, 2.05) is 0 Å². The number of nitrogens with one attached hydrogen (secondary N) is 2. The molecule has 0 aliphatic rings. The maximum atomic E-state index is 13.1. The molecule has 2 aromatic heterocycles. The van der Waals surface area contributed by atoms with E-state index in [9.17, 15) is 9.18 Å². The van der Waals surface area contributed by atoms with Crippen LogP contribution in [0.15, 0.2) is 42.7 Å². The minimum absolute atomic E-state index is 0.122. The van der Waals surface area contributed by atoms with Crippen molar-refractivity contribution < 1.29 is 13.9 Å². The molecule has 122 valence electrons. The molecule has 0 aliphatic heterocycles. The van der Waals surface area contributed by atoms with Crippen molar-refractivity contribution in [3.8, 4) is 22.5 Å². The van der Waals surface area contributed by atoms with Crippen LogP contribution in [0.4, 0.5) is 15.1 Å². The van der Waals surface area contributed by atoms with Gasteiger partial charge in [-0.25, -0.2) is 19.2 Å². The van der Waals surface area contributed by atoms with Crippen LogP contribution in [0.5, 0.6) is 0 Å². The molecule has 3 rings (SSSR count). The SMILES string of the molecule is CCOC(=O)Nc1nccc(-c2cn[nH]c2-c2ccc(F)cc2)n1. The van der Waals surface area contributed by atoms with E-state index in [-0.39, 0.29) is 18.4 Å². The van der Waals surface area contributed by atoms with Crippen LogP contribution in [-0.2, 0) is 4.74 Å². The quantitative estimate of drug-likeness (QED) is 0.767. The Balaban J connectivity index is 1.92. The highest BCUT2D eigenvalue weighted by atomic mass is 19.1. The van der Waals surface area contributed by atoms with E-state index in [4.69, 9.17) is 4.74 Å². The first kappa shape index (κ1) is 15.6. The normalized spacial score (nSPS) is 10.4. The van der Waals surface area contributed by atoms with Crippen LogP contribution in [0.3, 0.4) is 0 Å². The highest BCUT2D eigenvalue weighted by Gasteiger charge is 2.13. The van der Waals surface area contributed by atoms with Gasteiger partial charge in [-0.05, 0) is 37.3 Å². The number of rotatable bonds is 4. The van der Waals surface area contributed by atoms with Crippen LogP contribution in [0.1, 0.15) is 6.92 Å². The molecule has 1 amide bonds. The Kier molecular flexibility index (Phi) is 4.46. The Morgan fingerprint density at radius 2 is 2.08 bits per heavy atom. The monoisotopic (exact) mass is 327 g/mol. The van der Waals surface area contributed by atoms with Gasteiger partial charge in [0, 0.05) is 17.3 Å². The molecule has 0 spiro atoms. The fraction of sp³-hybridized carbons (Fsp3) is 0.125. The summed E-state index contributed by atoms with van der Waals surface area (Å²) in [5.74, 6) is -0.194. The van der Waals surface area contributed by atoms with Crippen LogP contribution >= 0.6 is 0 Å². The van der Waals surface area contributed by atoms with Crippen molar-refractivity contribution in [1.82, 2.24) is 20.2 Å². The molecule has 0 bridgehead atoms. The standard InChI is InChI=1S/C16H14FN5O2/c1-2-24-16(23)21-15-18-8-7-13(20-15)12-9-19-22-14(12)10-3-5-11(17)6-4-10/h3-9H,2H2,1H3,(H,19,22)(H,18,20,21,23). The maximum Gasteiger partial charge on any atom is 0.414 e. The van der Waals surface area contributed by atoms with Crippen molar-refractivity contribution in [3.63, 3.8) is 0 Å². The number of hydrogen-bond acceptors (Lipinski definition) is 5. The third kappa shape index (κ3) is 3.37. The molecule has 0 saturated heterocycles. The molecule has 3 aromatic rings. The Morgan fingerprint density at radius 3 is 2.83 bits per heavy atom. The van der Waals surface area contributed by atoms with Crippen molar-refractivity contribution in [2.24, 2.45) is 0 Å². The van der Waals surface area contributed by atoms with E-state index in [0.717, 1.165) is 5.56 Å². The topological polar surface area (TPSA) is 92.8 Å². The number of halogens is 1. The lowest BCUT2D eigenvalue weighted by molar-refractivity contribution is 0.167. The summed E-state index contributed by atoms with van der Waals surface area (Å²) in [6, 6.07) is 7.71. The van der Waals surface area contributed by atoms with Gasteiger partial charge in [-0.15, -0.1) is 0 Å². The van der Waals surface area contributed by atoms with E-state index >= 15 is 0 Å². The molecule has 24 heavy (non-hydrogen) atoms. The number of nitrogens with zero attached hydrogens (tertiary/aromatic N) is 3. The molecule has 1 aromatic carbocycles. The van der Waals surface area contributed by atoms with Crippen LogP contribution in [0, 0.1) is 5.82 Å². The van der Waals surface area contributed by atoms with Gasteiger partial charge in [-0.1, -0.05) is 0 Å². The summed E-state index contributed by atoms with van der Waals surface area (Å²) in [4.78, 5) is 19.7. The number of hydrogen-bond donors (Lipinski definition) is 2. The fourth-order valence-corrected chi connectivity index (χ4v) is 2.14. The van der Waals surface area contributed by atoms with Gasteiger partial charge in [0.2, 0.25) is 5.95 Å². The maximum absolute atomic E-state index is 13.1. The third-order valence-electron chi connectivity index (χ3n) is 3.19. The lowest BCUT2D eigenvalue weighted by Gasteiger charge is -2.06. The summed E-state index contributed by atoms with van der Waals surface area (Å²) >= 11 is 0. The van der Waals surface area contributed by atoms with Gasteiger partial charge in [-0.2, -0.15) is 5.10 Å². The lowest BCUT2D eigenvalue weighted by Crippen LogP contribution is -2.15. The second-order valence-electron chi connectivity index (χ2n) is 4.78. The summed E-state index contributed by atoms with van der Waals surface area (Å²) in [6.07, 6.45) is 2.50. The number of carbonyl (C=O) groups excluding carboxylic acids is 1. The second-order valence-corrected chi connectivity index (χ2v) is 4.78. The van der Waals surface area contributed by atoms with Crippen molar-refractivity contribution in [1.29, 1.82) is 0 Å². The third-order valence-corrected chi connectivity index (χ3v) is 3.19. The number of amides is 1. The molecule has 0 fully saturated rings. The minimum Gasteiger partial charge on any atom is -0.450 e. The average molecular weight is 327 g/mol. The largest absolute Gasteiger partial charge is 0.450 e. The lowest BCUT2D eigenvalue weighted by atomic mass is 10.1. The number of aromatic amines is 1. The highest BCUT2D eigenvalue weighted by Crippen LogP contribution is 2.29. The predicted molar refractivity (Wildman–Crippen MR) is 85.7 cm³/mol. The first-order chi connectivity index (χ1) is 11.7. The highest BCUT2D eigenvalue weighted by molar-refractivity contribution is 5.83. The summed E-state index contributed by atoms with van der Waals surface area (Å²) in [5, 5.41) is 9.35. The Morgan fingerprint density at radius 1 is 1.29 bits per heavy atom. The van der Waals surface area contributed by atoms with E-state index in [2.05, 4.69) is 25.5 Å². The van der Waals surface area contributed by atoms with Gasteiger partial charge in [0.25, 0.3) is 0 Å². The molecule has 2 heterocycles. The Bertz CT molecular complexity index is 848. The van der Waals surface area contributed by atoms with Gasteiger partial charge < -0.3 is 4.74 Å². The van der Waals surface area contributed by atoms with Crippen molar-refractivity contribution >= 4 is 12.0 Å². The number of carbonyl (C=O) groups is 1. The van der Waals surface area contributed by atoms with Gasteiger partial charge in [0.1, 0.15) is 5.82 Å².